The Balaban J connectivity index is 2.96. The van der Waals surface area contributed by atoms with E-state index in [-0.39, 0.29) is 17.1 Å². The fraction of sp³-hybridized carbons (Fsp3) is 0.625. The third-order valence-electron chi connectivity index (χ3n) is 3.92. The summed E-state index contributed by atoms with van der Waals surface area (Å²) in [7, 11) is -3.79. The van der Waals surface area contributed by atoms with Crippen molar-refractivity contribution in [2.24, 2.45) is 0 Å². The van der Waals surface area contributed by atoms with Crippen molar-refractivity contribution in [1.29, 1.82) is 0 Å². The number of nitro groups is 1. The van der Waals surface area contributed by atoms with Crippen molar-refractivity contribution in [1.82, 2.24) is 9.62 Å². The molecule has 1 N–H and O–H groups in total. The second-order valence-electron chi connectivity index (χ2n) is 6.23. The summed E-state index contributed by atoms with van der Waals surface area (Å²) in [6.45, 7) is 10.9. The molecule has 7 nitrogen and oxygen atoms in total. The summed E-state index contributed by atoms with van der Waals surface area (Å²) in [5.74, 6) is 0. The molecule has 0 atom stereocenters. The van der Waals surface area contributed by atoms with Gasteiger partial charge in [0.2, 0.25) is 10.0 Å². The number of hydrogen-bond donors (Lipinski definition) is 1. The molecule has 0 unspecified atom stereocenters. The fourth-order valence-electron chi connectivity index (χ4n) is 2.70. The minimum Gasteiger partial charge on any atom is -0.297 e. The van der Waals surface area contributed by atoms with Crippen LogP contribution in [0.15, 0.2) is 23.1 Å². The first-order valence-electron chi connectivity index (χ1n) is 8.12. The summed E-state index contributed by atoms with van der Waals surface area (Å²) in [5.41, 5.74) is 0.344. The van der Waals surface area contributed by atoms with Gasteiger partial charge in [0.25, 0.3) is 5.69 Å². The maximum Gasteiger partial charge on any atom is 0.270 e. The van der Waals surface area contributed by atoms with E-state index in [1.54, 1.807) is 0 Å². The predicted octanol–water partition coefficient (Wildman–Crippen LogP) is 2.55. The van der Waals surface area contributed by atoms with Gasteiger partial charge in [0, 0.05) is 37.3 Å². The molecule has 0 amide bonds. The summed E-state index contributed by atoms with van der Waals surface area (Å²) in [4.78, 5) is 12.5. The smallest absolute Gasteiger partial charge is 0.270 e. The highest BCUT2D eigenvalue weighted by molar-refractivity contribution is 7.89. The highest BCUT2D eigenvalue weighted by Gasteiger charge is 2.22. The van der Waals surface area contributed by atoms with Crippen LogP contribution in [0.2, 0.25) is 0 Å². The Morgan fingerprint density at radius 3 is 2.25 bits per heavy atom. The number of sulfonamides is 1. The number of nitrogens with zero attached hydrogens (tertiary/aromatic N) is 2. The van der Waals surface area contributed by atoms with Gasteiger partial charge in [-0.15, -0.1) is 0 Å². The van der Waals surface area contributed by atoms with Crippen LogP contribution in [-0.4, -0.2) is 43.4 Å². The largest absolute Gasteiger partial charge is 0.297 e. The molecule has 1 aromatic carbocycles. The molecule has 1 rings (SSSR count). The third kappa shape index (κ3) is 5.25. The number of nitrogens with one attached hydrogen (secondary N) is 1. The van der Waals surface area contributed by atoms with E-state index in [0.717, 1.165) is 6.07 Å². The van der Waals surface area contributed by atoms with Crippen molar-refractivity contribution in [2.45, 2.75) is 58.0 Å². The van der Waals surface area contributed by atoms with Crippen molar-refractivity contribution < 1.29 is 13.3 Å². The summed E-state index contributed by atoms with van der Waals surface area (Å²) in [6.07, 6.45) is 0.484. The van der Waals surface area contributed by atoms with Crippen LogP contribution in [0.5, 0.6) is 0 Å². The highest BCUT2D eigenvalue weighted by atomic mass is 32.2. The maximum absolute atomic E-state index is 12.6. The van der Waals surface area contributed by atoms with Gasteiger partial charge in [0.15, 0.2) is 0 Å². The molecule has 0 aliphatic carbocycles. The number of non-ortho nitro benzene ring substituents is 1. The van der Waals surface area contributed by atoms with Crippen LogP contribution >= 0.6 is 0 Å². The van der Waals surface area contributed by atoms with Gasteiger partial charge in [-0.1, -0.05) is 13.0 Å². The summed E-state index contributed by atoms with van der Waals surface area (Å²) in [5, 5.41) is 10.9. The molecule has 0 aliphatic rings. The van der Waals surface area contributed by atoms with Crippen molar-refractivity contribution in [3.8, 4) is 0 Å². The first-order valence-corrected chi connectivity index (χ1v) is 9.61. The molecular weight excluding hydrogens is 330 g/mol. The molecule has 0 radical (unpaired) electrons. The van der Waals surface area contributed by atoms with Gasteiger partial charge >= 0.3 is 0 Å². The average molecular weight is 357 g/mol. The molecule has 24 heavy (non-hydrogen) atoms. The Morgan fingerprint density at radius 2 is 1.79 bits per heavy atom. The summed E-state index contributed by atoms with van der Waals surface area (Å²) >= 11 is 0. The molecule has 0 bridgehead atoms. The van der Waals surface area contributed by atoms with Gasteiger partial charge in [-0.05, 0) is 39.7 Å². The summed E-state index contributed by atoms with van der Waals surface area (Å²) in [6, 6.07) is 4.57. The van der Waals surface area contributed by atoms with E-state index in [1.807, 2.05) is 6.92 Å². The van der Waals surface area contributed by atoms with E-state index in [9.17, 15) is 18.5 Å². The molecule has 0 saturated carbocycles. The number of rotatable bonds is 9. The minimum absolute atomic E-state index is 0.0140. The van der Waals surface area contributed by atoms with Crippen LogP contribution in [0, 0.1) is 10.1 Å². The first-order chi connectivity index (χ1) is 11.1. The van der Waals surface area contributed by atoms with Crippen LogP contribution in [0.3, 0.4) is 0 Å². The van der Waals surface area contributed by atoms with Crippen molar-refractivity contribution in [3.63, 3.8) is 0 Å². The molecule has 0 aliphatic heterocycles. The van der Waals surface area contributed by atoms with Crippen LogP contribution < -0.4 is 4.72 Å². The molecule has 0 saturated heterocycles. The van der Waals surface area contributed by atoms with Gasteiger partial charge in [0.05, 0.1) is 9.82 Å². The molecule has 0 heterocycles. The second-order valence-corrected chi connectivity index (χ2v) is 7.96. The second kappa shape index (κ2) is 8.55. The number of nitro benzene ring substituents is 1. The first kappa shape index (κ1) is 20.5. The number of hydrogen-bond acceptors (Lipinski definition) is 5. The fourth-order valence-corrected chi connectivity index (χ4v) is 4.05. The SMILES string of the molecule is CCc1ccc([N+](=O)[O-])cc1S(=O)(=O)NCCN(C(C)C)C(C)C. The number of aryl methyl sites for hydroxylation is 1. The van der Waals surface area contributed by atoms with E-state index in [0.29, 0.717) is 30.6 Å². The zero-order chi connectivity index (χ0) is 18.5. The van der Waals surface area contributed by atoms with Gasteiger partial charge in [-0.25, -0.2) is 13.1 Å². The molecule has 0 aromatic heterocycles. The van der Waals surface area contributed by atoms with Gasteiger partial charge in [-0.3, -0.25) is 15.0 Å². The molecule has 0 spiro atoms. The van der Waals surface area contributed by atoms with Crippen molar-refractivity contribution in [2.75, 3.05) is 13.1 Å². The Labute approximate surface area is 144 Å². The van der Waals surface area contributed by atoms with Crippen LogP contribution in [0.4, 0.5) is 5.69 Å². The van der Waals surface area contributed by atoms with Crippen LogP contribution in [-0.2, 0) is 16.4 Å². The van der Waals surface area contributed by atoms with E-state index < -0.39 is 14.9 Å². The Bertz CT molecular complexity index is 664. The lowest BCUT2D eigenvalue weighted by Gasteiger charge is -2.30. The molecule has 136 valence electrons. The average Bonchev–Trinajstić information content (AvgIpc) is 2.49. The zero-order valence-corrected chi connectivity index (χ0v) is 15.8. The van der Waals surface area contributed by atoms with E-state index >= 15 is 0 Å². The quantitative estimate of drug-likeness (QED) is 0.541. The number of benzene rings is 1. The molecule has 8 heteroatoms. The lowest BCUT2D eigenvalue weighted by atomic mass is 10.1. The molecule has 0 fully saturated rings. The van der Waals surface area contributed by atoms with Gasteiger partial charge in [-0.2, -0.15) is 0 Å². The maximum atomic E-state index is 12.6. The normalized spacial score (nSPS) is 12.3. The Morgan fingerprint density at radius 1 is 1.21 bits per heavy atom. The summed E-state index contributed by atoms with van der Waals surface area (Å²) < 4.78 is 27.7. The molecular formula is C16H27N3O4S. The highest BCUT2D eigenvalue weighted by Crippen LogP contribution is 2.22. The predicted molar refractivity (Wildman–Crippen MR) is 94.6 cm³/mol. The lowest BCUT2D eigenvalue weighted by molar-refractivity contribution is -0.385. The molecule has 1 aromatic rings. The lowest BCUT2D eigenvalue weighted by Crippen LogP contribution is -2.42. The zero-order valence-electron chi connectivity index (χ0n) is 14.9. The van der Waals surface area contributed by atoms with E-state index in [4.69, 9.17) is 0 Å². The van der Waals surface area contributed by atoms with Crippen molar-refractivity contribution in [3.05, 3.63) is 33.9 Å². The third-order valence-corrected chi connectivity index (χ3v) is 5.46. The Hall–Kier alpha value is -1.51. The van der Waals surface area contributed by atoms with E-state index in [2.05, 4.69) is 37.3 Å². The van der Waals surface area contributed by atoms with Crippen LogP contribution in [0.25, 0.3) is 0 Å². The van der Waals surface area contributed by atoms with Crippen molar-refractivity contribution >= 4 is 15.7 Å². The van der Waals surface area contributed by atoms with E-state index in [1.165, 1.54) is 12.1 Å². The topological polar surface area (TPSA) is 92.5 Å². The monoisotopic (exact) mass is 357 g/mol. The standard InChI is InChI=1S/C16H27N3O4S/c1-6-14-7-8-15(19(20)21)11-16(14)24(22,23)17-9-10-18(12(2)3)13(4)5/h7-8,11-13,17H,6,9-10H2,1-5H3. The van der Waals surface area contributed by atoms with Gasteiger partial charge < -0.3 is 0 Å². The minimum atomic E-state index is -3.79. The Kier molecular flexibility index (Phi) is 7.31. The van der Waals surface area contributed by atoms with Crippen LogP contribution in [0.1, 0.15) is 40.2 Å². The van der Waals surface area contributed by atoms with Gasteiger partial charge in [0.1, 0.15) is 0 Å².